The highest BCUT2D eigenvalue weighted by atomic mass is 32.1. The molecule has 1 aromatic rings. The fourth-order valence-electron chi connectivity index (χ4n) is 1.61. The van der Waals surface area contributed by atoms with Crippen LogP contribution in [0.2, 0.25) is 0 Å². The Kier molecular flexibility index (Phi) is 2.44. The molecule has 0 bridgehead atoms. The van der Waals surface area contributed by atoms with Gasteiger partial charge in [-0.15, -0.1) is 11.3 Å². The Balaban J connectivity index is 2.19. The van der Waals surface area contributed by atoms with E-state index in [1.54, 1.807) is 0 Å². The van der Waals surface area contributed by atoms with Gasteiger partial charge in [0.1, 0.15) is 12.6 Å². The average molecular weight is 184 g/mol. The molecule has 2 nitrogen and oxygen atoms in total. The summed E-state index contributed by atoms with van der Waals surface area (Å²) in [5.74, 6) is 0. The second-order valence-electron chi connectivity index (χ2n) is 3.06. The van der Waals surface area contributed by atoms with Gasteiger partial charge in [0, 0.05) is 4.88 Å². The predicted octanol–water partition coefficient (Wildman–Crippen LogP) is 0.555. The zero-order valence-electron chi connectivity index (χ0n) is 7.25. The molecule has 0 amide bonds. The molecule has 0 aromatic carbocycles. The number of nitrogens with two attached hydrogens (primary N) is 1. The predicted molar refractivity (Wildman–Crippen MR) is 49.4 cm³/mol. The summed E-state index contributed by atoms with van der Waals surface area (Å²) >= 11 is 1.83. The highest BCUT2D eigenvalue weighted by Crippen LogP contribution is 2.30. The Morgan fingerprint density at radius 3 is 3.50 bits per heavy atom. The first-order valence-corrected chi connectivity index (χ1v) is 5.25. The van der Waals surface area contributed by atoms with Gasteiger partial charge in [-0.2, -0.15) is 0 Å². The van der Waals surface area contributed by atoms with Crippen LogP contribution < -0.4 is 5.32 Å². The van der Waals surface area contributed by atoms with Gasteiger partial charge >= 0.3 is 0 Å². The molecule has 0 spiro atoms. The molecule has 2 N–H and O–H groups in total. The summed E-state index contributed by atoms with van der Waals surface area (Å²) in [5.41, 5.74) is 1.50. The molecule has 0 saturated heterocycles. The van der Waals surface area contributed by atoms with Crippen LogP contribution in [0, 0.1) is 0 Å². The lowest BCUT2D eigenvalue weighted by molar-refractivity contribution is -0.635. The molecule has 0 aliphatic carbocycles. The summed E-state index contributed by atoms with van der Waals surface area (Å²) in [6.45, 7) is 1.94. The topological polar surface area (TPSA) is 25.8 Å². The highest BCUT2D eigenvalue weighted by molar-refractivity contribution is 7.10. The lowest BCUT2D eigenvalue weighted by atomic mass is 10.1. The van der Waals surface area contributed by atoms with Crippen LogP contribution >= 0.6 is 11.3 Å². The van der Waals surface area contributed by atoms with E-state index in [1.165, 1.54) is 10.4 Å². The van der Waals surface area contributed by atoms with Crippen LogP contribution in [-0.4, -0.2) is 20.2 Å². The van der Waals surface area contributed by atoms with Crippen molar-refractivity contribution in [2.45, 2.75) is 12.5 Å². The lowest BCUT2D eigenvalue weighted by Crippen LogP contribution is -2.81. The number of hydrogen-bond donors (Lipinski definition) is 1. The minimum absolute atomic E-state index is 0.346. The smallest absolute Gasteiger partial charge is 0.141 e. The van der Waals surface area contributed by atoms with E-state index in [4.69, 9.17) is 4.74 Å². The Morgan fingerprint density at radius 1 is 1.75 bits per heavy atom. The summed E-state index contributed by atoms with van der Waals surface area (Å²) in [5, 5.41) is 4.35. The Labute approximate surface area is 76.6 Å². The minimum Gasteiger partial charge on any atom is -0.366 e. The van der Waals surface area contributed by atoms with E-state index in [-0.39, 0.29) is 0 Å². The molecule has 0 unspecified atom stereocenters. The number of quaternary nitrogens is 1. The van der Waals surface area contributed by atoms with Gasteiger partial charge in [0.2, 0.25) is 0 Å². The first-order valence-electron chi connectivity index (χ1n) is 4.37. The Bertz CT molecular complexity index is 259. The van der Waals surface area contributed by atoms with Crippen LogP contribution in [0.3, 0.4) is 0 Å². The molecular weight excluding hydrogens is 170 g/mol. The van der Waals surface area contributed by atoms with Crippen LogP contribution in [0.15, 0.2) is 11.4 Å². The monoisotopic (exact) mass is 184 g/mol. The van der Waals surface area contributed by atoms with E-state index >= 15 is 0 Å². The second kappa shape index (κ2) is 3.56. The van der Waals surface area contributed by atoms with Crippen molar-refractivity contribution in [1.82, 2.24) is 0 Å². The molecule has 1 aliphatic heterocycles. The molecule has 1 aliphatic rings. The minimum atomic E-state index is 0.346. The molecular formula is C9H14NOS+. The van der Waals surface area contributed by atoms with E-state index in [1.807, 2.05) is 11.3 Å². The van der Waals surface area contributed by atoms with E-state index in [2.05, 4.69) is 23.8 Å². The third kappa shape index (κ3) is 1.40. The van der Waals surface area contributed by atoms with Gasteiger partial charge < -0.3 is 10.1 Å². The average Bonchev–Trinajstić information content (AvgIpc) is 2.53. The fraction of sp³-hybridized carbons (Fsp3) is 0.556. The first-order chi connectivity index (χ1) is 5.92. The van der Waals surface area contributed by atoms with Crippen molar-refractivity contribution in [3.8, 4) is 0 Å². The Morgan fingerprint density at radius 2 is 2.67 bits per heavy atom. The number of ether oxygens (including phenoxy) is 1. The Hall–Kier alpha value is -0.380. The molecule has 0 saturated carbocycles. The van der Waals surface area contributed by atoms with Gasteiger partial charge in [0.05, 0.1) is 13.7 Å². The van der Waals surface area contributed by atoms with Crippen molar-refractivity contribution in [1.29, 1.82) is 0 Å². The largest absolute Gasteiger partial charge is 0.366 e. The molecule has 1 aromatic heterocycles. The number of rotatable bonds is 2. The highest BCUT2D eigenvalue weighted by Gasteiger charge is 2.22. The summed E-state index contributed by atoms with van der Waals surface area (Å²) in [4.78, 5) is 1.44. The fourth-order valence-corrected chi connectivity index (χ4v) is 2.63. The normalized spacial score (nSPS) is 22.2. The number of thiophene rings is 1. The summed E-state index contributed by atoms with van der Waals surface area (Å²) in [6.07, 6.45) is 1.44. The molecule has 0 fully saturated rings. The van der Waals surface area contributed by atoms with Crippen LogP contribution in [0.25, 0.3) is 0 Å². The van der Waals surface area contributed by atoms with Crippen molar-refractivity contribution in [3.05, 3.63) is 21.9 Å². The summed E-state index contributed by atoms with van der Waals surface area (Å²) in [6, 6.07) is 2.23. The van der Waals surface area contributed by atoms with Gasteiger partial charge in [0.25, 0.3) is 0 Å². The van der Waals surface area contributed by atoms with Crippen molar-refractivity contribution in [2.75, 3.05) is 20.2 Å². The van der Waals surface area contributed by atoms with Crippen LogP contribution in [0.4, 0.5) is 0 Å². The molecule has 66 valence electrons. The van der Waals surface area contributed by atoms with Gasteiger partial charge in [-0.1, -0.05) is 0 Å². The summed E-state index contributed by atoms with van der Waals surface area (Å²) in [7, 11) is 2.09. The van der Waals surface area contributed by atoms with E-state index in [0.29, 0.717) is 6.10 Å². The number of likely N-dealkylation sites (N-methyl/N-ethyl adjacent to an activating group) is 1. The van der Waals surface area contributed by atoms with Gasteiger partial charge in [0.15, 0.2) is 0 Å². The molecule has 12 heavy (non-hydrogen) atoms. The first kappa shape index (κ1) is 8.23. The maximum Gasteiger partial charge on any atom is 0.141 e. The summed E-state index contributed by atoms with van der Waals surface area (Å²) < 4.78 is 5.68. The lowest BCUT2D eigenvalue weighted by Gasteiger charge is -2.20. The quantitative estimate of drug-likeness (QED) is 0.714. The SMILES string of the molecule is C[NH2+]C[C@@H]1OCCc2ccsc21. The standard InChI is InChI=1S/C9H13NOS/c1-10-6-8-9-7(2-4-11-8)3-5-12-9/h3,5,8,10H,2,4,6H2,1H3/p+1/t8-/m0/s1. The van der Waals surface area contributed by atoms with E-state index < -0.39 is 0 Å². The van der Waals surface area contributed by atoms with Gasteiger partial charge in [-0.3, -0.25) is 0 Å². The number of hydrogen-bond acceptors (Lipinski definition) is 2. The zero-order chi connectivity index (χ0) is 8.39. The molecule has 0 radical (unpaired) electrons. The van der Waals surface area contributed by atoms with Crippen LogP contribution in [0.1, 0.15) is 16.5 Å². The van der Waals surface area contributed by atoms with Crippen LogP contribution in [0.5, 0.6) is 0 Å². The van der Waals surface area contributed by atoms with Crippen molar-refractivity contribution in [2.24, 2.45) is 0 Å². The van der Waals surface area contributed by atoms with Crippen LogP contribution in [-0.2, 0) is 11.2 Å². The van der Waals surface area contributed by atoms with Gasteiger partial charge in [-0.25, -0.2) is 0 Å². The third-order valence-corrected chi connectivity index (χ3v) is 3.26. The number of fused-ring (bicyclic) bond motifs is 1. The third-order valence-electron chi connectivity index (χ3n) is 2.21. The van der Waals surface area contributed by atoms with Gasteiger partial charge in [-0.05, 0) is 23.4 Å². The van der Waals surface area contributed by atoms with Crippen molar-refractivity contribution >= 4 is 11.3 Å². The van der Waals surface area contributed by atoms with Crippen molar-refractivity contribution < 1.29 is 10.1 Å². The van der Waals surface area contributed by atoms with E-state index in [0.717, 1.165) is 19.6 Å². The second-order valence-corrected chi connectivity index (χ2v) is 4.01. The maximum atomic E-state index is 5.68. The van der Waals surface area contributed by atoms with Crippen molar-refractivity contribution in [3.63, 3.8) is 0 Å². The maximum absolute atomic E-state index is 5.68. The zero-order valence-corrected chi connectivity index (χ0v) is 8.06. The molecule has 2 rings (SSSR count). The molecule has 2 heterocycles. The molecule has 1 atom stereocenters. The molecule has 3 heteroatoms. The van der Waals surface area contributed by atoms with E-state index in [9.17, 15) is 0 Å².